The number of nitrogens with one attached hydrogen (secondary N) is 1. The summed E-state index contributed by atoms with van der Waals surface area (Å²) in [5.74, 6) is -1.36. The highest BCUT2D eigenvalue weighted by molar-refractivity contribution is 5.76. The van der Waals surface area contributed by atoms with Crippen LogP contribution in [0.2, 0.25) is 0 Å². The van der Waals surface area contributed by atoms with Crippen LogP contribution in [0.3, 0.4) is 0 Å². The minimum atomic E-state index is -0.958. The van der Waals surface area contributed by atoms with Crippen molar-refractivity contribution in [2.24, 2.45) is 0 Å². The van der Waals surface area contributed by atoms with E-state index in [1.54, 1.807) is 13.0 Å². The van der Waals surface area contributed by atoms with Crippen molar-refractivity contribution in [2.75, 3.05) is 0 Å². The van der Waals surface area contributed by atoms with Gasteiger partial charge >= 0.3 is 5.97 Å². The third-order valence-corrected chi connectivity index (χ3v) is 2.78. The van der Waals surface area contributed by atoms with Gasteiger partial charge < -0.3 is 5.11 Å². The van der Waals surface area contributed by atoms with Crippen molar-refractivity contribution >= 4 is 5.97 Å². The van der Waals surface area contributed by atoms with E-state index in [-0.39, 0.29) is 6.04 Å². The first-order chi connectivity index (χ1) is 7.58. The quantitative estimate of drug-likeness (QED) is 0.821. The van der Waals surface area contributed by atoms with Crippen molar-refractivity contribution in [1.82, 2.24) is 5.32 Å². The van der Waals surface area contributed by atoms with E-state index in [1.165, 1.54) is 12.1 Å². The maximum Gasteiger partial charge on any atom is 0.325 e. The number of aryl methyl sites for hydroxylation is 1. The van der Waals surface area contributed by atoms with Gasteiger partial charge in [-0.05, 0) is 43.0 Å². The summed E-state index contributed by atoms with van der Waals surface area (Å²) in [7, 11) is 0. The van der Waals surface area contributed by atoms with Gasteiger partial charge in [-0.25, -0.2) is 4.39 Å². The van der Waals surface area contributed by atoms with Gasteiger partial charge in [-0.3, -0.25) is 10.1 Å². The Morgan fingerprint density at radius 2 is 2.25 bits per heavy atom. The van der Waals surface area contributed by atoms with Crippen molar-refractivity contribution in [3.63, 3.8) is 0 Å². The van der Waals surface area contributed by atoms with Crippen molar-refractivity contribution in [3.05, 3.63) is 35.1 Å². The normalized spacial score (nSPS) is 17.1. The Morgan fingerprint density at radius 1 is 1.56 bits per heavy atom. The molecule has 0 bridgehead atoms. The second-order valence-electron chi connectivity index (χ2n) is 4.21. The van der Waals surface area contributed by atoms with Gasteiger partial charge in [0.2, 0.25) is 0 Å². The number of halogens is 1. The molecule has 1 fully saturated rings. The van der Waals surface area contributed by atoms with Crippen LogP contribution < -0.4 is 5.32 Å². The lowest BCUT2D eigenvalue weighted by atomic mass is 10.0. The molecule has 1 aliphatic carbocycles. The highest BCUT2D eigenvalue weighted by Crippen LogP contribution is 2.26. The number of rotatable bonds is 4. The third kappa shape index (κ3) is 2.39. The van der Waals surface area contributed by atoms with E-state index < -0.39 is 17.8 Å². The fourth-order valence-corrected chi connectivity index (χ4v) is 1.70. The molecule has 4 heteroatoms. The number of benzene rings is 1. The lowest BCUT2D eigenvalue weighted by Crippen LogP contribution is -2.30. The molecule has 1 aromatic rings. The Balaban J connectivity index is 2.29. The lowest BCUT2D eigenvalue weighted by Gasteiger charge is -2.16. The second-order valence-corrected chi connectivity index (χ2v) is 4.21. The van der Waals surface area contributed by atoms with Crippen LogP contribution in [0.1, 0.15) is 30.0 Å². The van der Waals surface area contributed by atoms with Crippen LogP contribution in [0.25, 0.3) is 0 Å². The zero-order valence-corrected chi connectivity index (χ0v) is 9.03. The lowest BCUT2D eigenvalue weighted by molar-refractivity contribution is -0.139. The van der Waals surface area contributed by atoms with Crippen LogP contribution in [0, 0.1) is 12.7 Å². The largest absolute Gasteiger partial charge is 0.480 e. The van der Waals surface area contributed by atoms with Crippen molar-refractivity contribution in [2.45, 2.75) is 31.8 Å². The number of carbonyl (C=O) groups is 1. The first-order valence-electron chi connectivity index (χ1n) is 5.33. The zero-order chi connectivity index (χ0) is 11.7. The summed E-state index contributed by atoms with van der Waals surface area (Å²) >= 11 is 0. The Morgan fingerprint density at radius 3 is 2.81 bits per heavy atom. The molecule has 0 radical (unpaired) electrons. The van der Waals surface area contributed by atoms with Gasteiger partial charge in [0.1, 0.15) is 11.9 Å². The summed E-state index contributed by atoms with van der Waals surface area (Å²) in [4.78, 5) is 11.1. The predicted molar refractivity (Wildman–Crippen MR) is 57.7 cm³/mol. The monoisotopic (exact) mass is 223 g/mol. The average Bonchev–Trinajstić information content (AvgIpc) is 3.02. The minimum Gasteiger partial charge on any atom is -0.480 e. The van der Waals surface area contributed by atoms with Crippen molar-refractivity contribution < 1.29 is 14.3 Å². The number of carboxylic acids is 1. The SMILES string of the molecule is Cc1ccc(F)cc1C(NC1CC1)C(=O)O. The fraction of sp³-hybridized carbons (Fsp3) is 0.417. The summed E-state index contributed by atoms with van der Waals surface area (Å²) in [5.41, 5.74) is 1.31. The molecule has 16 heavy (non-hydrogen) atoms. The topological polar surface area (TPSA) is 49.3 Å². The molecule has 1 aliphatic rings. The highest BCUT2D eigenvalue weighted by atomic mass is 19.1. The first kappa shape index (κ1) is 11.1. The van der Waals surface area contributed by atoms with E-state index in [0.29, 0.717) is 5.56 Å². The van der Waals surface area contributed by atoms with E-state index in [0.717, 1.165) is 18.4 Å². The van der Waals surface area contributed by atoms with Crippen LogP contribution in [0.5, 0.6) is 0 Å². The Labute approximate surface area is 93.3 Å². The maximum absolute atomic E-state index is 13.1. The molecule has 1 atom stereocenters. The molecule has 1 saturated carbocycles. The second kappa shape index (κ2) is 4.22. The molecule has 2 rings (SSSR count). The molecule has 0 aliphatic heterocycles. The van der Waals surface area contributed by atoms with E-state index >= 15 is 0 Å². The standard InChI is InChI=1S/C12H14FNO2/c1-7-2-3-8(13)6-10(7)11(12(15)16)14-9-4-5-9/h2-3,6,9,11,14H,4-5H2,1H3,(H,15,16). The van der Waals surface area contributed by atoms with Gasteiger partial charge in [-0.15, -0.1) is 0 Å². The smallest absolute Gasteiger partial charge is 0.325 e. The molecule has 0 aromatic heterocycles. The number of carboxylic acid groups (broad SMARTS) is 1. The molecular weight excluding hydrogens is 209 g/mol. The van der Waals surface area contributed by atoms with Crippen molar-refractivity contribution in [1.29, 1.82) is 0 Å². The van der Waals surface area contributed by atoms with E-state index in [9.17, 15) is 9.18 Å². The molecule has 0 amide bonds. The molecule has 1 aromatic carbocycles. The van der Waals surface area contributed by atoms with E-state index in [1.807, 2.05) is 0 Å². The maximum atomic E-state index is 13.1. The molecule has 0 heterocycles. The summed E-state index contributed by atoms with van der Waals surface area (Å²) in [5, 5.41) is 12.1. The molecular formula is C12H14FNO2. The summed E-state index contributed by atoms with van der Waals surface area (Å²) < 4.78 is 13.1. The number of aliphatic carboxylic acids is 1. The Kier molecular flexibility index (Phi) is 2.92. The molecule has 86 valence electrons. The van der Waals surface area contributed by atoms with Gasteiger partial charge in [0, 0.05) is 6.04 Å². The van der Waals surface area contributed by atoms with Gasteiger partial charge in [-0.2, -0.15) is 0 Å². The van der Waals surface area contributed by atoms with Crippen LogP contribution in [-0.2, 0) is 4.79 Å². The summed E-state index contributed by atoms with van der Waals surface area (Å²) in [6.45, 7) is 1.79. The number of hydrogen-bond acceptors (Lipinski definition) is 2. The fourth-order valence-electron chi connectivity index (χ4n) is 1.70. The molecule has 3 nitrogen and oxygen atoms in total. The van der Waals surface area contributed by atoms with Crippen LogP contribution in [0.15, 0.2) is 18.2 Å². The van der Waals surface area contributed by atoms with Gasteiger partial charge in [0.25, 0.3) is 0 Å². The molecule has 0 spiro atoms. The Bertz CT molecular complexity index is 415. The Hall–Kier alpha value is -1.42. The van der Waals surface area contributed by atoms with Crippen LogP contribution >= 0.6 is 0 Å². The van der Waals surface area contributed by atoms with E-state index in [4.69, 9.17) is 5.11 Å². The van der Waals surface area contributed by atoms with Gasteiger partial charge in [0.05, 0.1) is 0 Å². The van der Waals surface area contributed by atoms with Crippen LogP contribution in [0.4, 0.5) is 4.39 Å². The third-order valence-electron chi connectivity index (χ3n) is 2.78. The predicted octanol–water partition coefficient (Wildman–Crippen LogP) is 2.01. The average molecular weight is 223 g/mol. The van der Waals surface area contributed by atoms with Crippen LogP contribution in [-0.4, -0.2) is 17.1 Å². The molecule has 1 unspecified atom stereocenters. The van der Waals surface area contributed by atoms with Gasteiger partial charge in [-0.1, -0.05) is 6.07 Å². The van der Waals surface area contributed by atoms with Gasteiger partial charge in [0.15, 0.2) is 0 Å². The minimum absolute atomic E-state index is 0.267. The summed E-state index contributed by atoms with van der Waals surface area (Å²) in [6, 6.07) is 3.71. The zero-order valence-electron chi connectivity index (χ0n) is 9.03. The highest BCUT2D eigenvalue weighted by Gasteiger charge is 2.30. The molecule has 0 saturated heterocycles. The summed E-state index contributed by atoms with van der Waals surface area (Å²) in [6.07, 6.45) is 2.00. The molecule has 2 N–H and O–H groups in total. The first-order valence-corrected chi connectivity index (χ1v) is 5.33. The van der Waals surface area contributed by atoms with Crippen molar-refractivity contribution in [3.8, 4) is 0 Å². The number of hydrogen-bond donors (Lipinski definition) is 2. The van der Waals surface area contributed by atoms with E-state index in [2.05, 4.69) is 5.32 Å².